The van der Waals surface area contributed by atoms with E-state index in [1.165, 1.54) is 16.2 Å². The van der Waals surface area contributed by atoms with E-state index < -0.39 is 6.10 Å². The van der Waals surface area contributed by atoms with E-state index >= 15 is 0 Å². The maximum absolute atomic E-state index is 9.88. The third kappa shape index (κ3) is 1.84. The number of aliphatic hydroxyl groups excluding tert-OH is 1. The summed E-state index contributed by atoms with van der Waals surface area (Å²) in [4.78, 5) is 9.43. The van der Waals surface area contributed by atoms with Crippen LogP contribution in [-0.2, 0) is 6.42 Å². The van der Waals surface area contributed by atoms with Crippen molar-refractivity contribution in [3.63, 3.8) is 0 Å². The van der Waals surface area contributed by atoms with Gasteiger partial charge in [-0.2, -0.15) is 0 Å². The van der Waals surface area contributed by atoms with Gasteiger partial charge in [0.1, 0.15) is 11.1 Å². The summed E-state index contributed by atoms with van der Waals surface area (Å²) in [5, 5.41) is 12.5. The molecule has 1 unspecified atom stereocenters. The molecule has 0 aliphatic rings. The SMILES string of the molecule is CCc1cnc(C(O)c2cscn2)s1. The van der Waals surface area contributed by atoms with Gasteiger partial charge in [-0.05, 0) is 6.42 Å². The Hall–Kier alpha value is -0.780. The highest BCUT2D eigenvalue weighted by Crippen LogP contribution is 2.25. The molecule has 0 radical (unpaired) electrons. The minimum atomic E-state index is -0.661. The zero-order valence-corrected chi connectivity index (χ0v) is 9.31. The molecule has 0 aliphatic carbocycles. The van der Waals surface area contributed by atoms with Gasteiger partial charge in [-0.3, -0.25) is 0 Å². The Labute approximate surface area is 90.1 Å². The third-order valence-electron chi connectivity index (χ3n) is 1.89. The Morgan fingerprint density at radius 3 is 2.93 bits per heavy atom. The zero-order valence-electron chi connectivity index (χ0n) is 7.67. The normalized spacial score (nSPS) is 13.0. The van der Waals surface area contributed by atoms with Gasteiger partial charge in [0.2, 0.25) is 0 Å². The van der Waals surface area contributed by atoms with Crippen LogP contribution in [0.2, 0.25) is 0 Å². The molecule has 0 saturated heterocycles. The summed E-state index contributed by atoms with van der Waals surface area (Å²) in [7, 11) is 0. The number of aromatic nitrogens is 2. The first-order valence-electron chi connectivity index (χ1n) is 4.32. The first-order chi connectivity index (χ1) is 6.81. The lowest BCUT2D eigenvalue weighted by Gasteiger charge is -2.01. The van der Waals surface area contributed by atoms with Gasteiger partial charge in [-0.15, -0.1) is 22.7 Å². The second-order valence-corrected chi connectivity index (χ2v) is 4.70. The van der Waals surface area contributed by atoms with Crippen LogP contribution < -0.4 is 0 Å². The number of hydrogen-bond donors (Lipinski definition) is 1. The van der Waals surface area contributed by atoms with E-state index in [-0.39, 0.29) is 0 Å². The summed E-state index contributed by atoms with van der Waals surface area (Å²) >= 11 is 3.02. The van der Waals surface area contributed by atoms with Gasteiger partial charge in [-0.25, -0.2) is 9.97 Å². The van der Waals surface area contributed by atoms with E-state index in [1.807, 2.05) is 11.6 Å². The molecular weight excluding hydrogens is 216 g/mol. The molecule has 2 aromatic rings. The predicted molar refractivity (Wildman–Crippen MR) is 57.7 cm³/mol. The smallest absolute Gasteiger partial charge is 0.148 e. The average Bonchev–Trinajstić information content (AvgIpc) is 2.88. The van der Waals surface area contributed by atoms with Crippen molar-refractivity contribution in [2.45, 2.75) is 19.4 Å². The molecule has 0 spiro atoms. The highest BCUT2D eigenvalue weighted by atomic mass is 32.1. The van der Waals surface area contributed by atoms with E-state index in [0.717, 1.165) is 11.4 Å². The molecule has 5 heteroatoms. The minimum absolute atomic E-state index is 0.661. The maximum Gasteiger partial charge on any atom is 0.148 e. The Bertz CT molecular complexity index is 397. The first-order valence-corrected chi connectivity index (χ1v) is 6.08. The average molecular weight is 226 g/mol. The predicted octanol–water partition coefficient (Wildman–Crippen LogP) is 2.24. The van der Waals surface area contributed by atoms with Gasteiger partial charge in [0.05, 0.1) is 11.2 Å². The van der Waals surface area contributed by atoms with Crippen LogP contribution in [0.1, 0.15) is 28.6 Å². The van der Waals surface area contributed by atoms with E-state index in [9.17, 15) is 5.11 Å². The summed E-state index contributed by atoms with van der Waals surface area (Å²) in [6, 6.07) is 0. The largest absolute Gasteiger partial charge is 0.379 e. The lowest BCUT2D eigenvalue weighted by atomic mass is 10.3. The summed E-state index contributed by atoms with van der Waals surface area (Å²) in [5.74, 6) is 0. The zero-order chi connectivity index (χ0) is 9.97. The molecule has 0 amide bonds. The molecule has 0 bridgehead atoms. The van der Waals surface area contributed by atoms with Gasteiger partial charge in [0, 0.05) is 16.5 Å². The number of thiazole rings is 2. The molecule has 2 rings (SSSR count). The van der Waals surface area contributed by atoms with Crippen LogP contribution >= 0.6 is 22.7 Å². The number of rotatable bonds is 3. The van der Waals surface area contributed by atoms with Crippen LogP contribution in [0.25, 0.3) is 0 Å². The van der Waals surface area contributed by atoms with E-state index in [1.54, 1.807) is 16.8 Å². The molecular formula is C9H10N2OS2. The fraction of sp³-hybridized carbons (Fsp3) is 0.333. The monoisotopic (exact) mass is 226 g/mol. The molecule has 2 aromatic heterocycles. The molecule has 74 valence electrons. The summed E-state index contributed by atoms with van der Waals surface area (Å²) in [6.45, 7) is 2.08. The van der Waals surface area contributed by atoms with Crippen molar-refractivity contribution < 1.29 is 5.11 Å². The Morgan fingerprint density at radius 1 is 1.50 bits per heavy atom. The standard InChI is InChI=1S/C9H10N2OS2/c1-2-6-3-10-9(14-6)8(12)7-4-13-5-11-7/h3-5,8,12H,2H2,1H3. The maximum atomic E-state index is 9.88. The summed E-state index contributed by atoms with van der Waals surface area (Å²) < 4.78 is 0. The fourth-order valence-electron chi connectivity index (χ4n) is 1.10. The van der Waals surface area contributed by atoms with Crippen molar-refractivity contribution in [3.05, 3.63) is 32.7 Å². The molecule has 0 fully saturated rings. The third-order valence-corrected chi connectivity index (χ3v) is 3.68. The lowest BCUT2D eigenvalue weighted by molar-refractivity contribution is 0.215. The van der Waals surface area contributed by atoms with Gasteiger partial charge >= 0.3 is 0 Å². The van der Waals surface area contributed by atoms with Gasteiger partial charge < -0.3 is 5.11 Å². The lowest BCUT2D eigenvalue weighted by Crippen LogP contribution is -1.98. The van der Waals surface area contributed by atoms with E-state index in [2.05, 4.69) is 16.9 Å². The van der Waals surface area contributed by atoms with Crippen LogP contribution in [0, 0.1) is 0 Å². The van der Waals surface area contributed by atoms with Crippen LogP contribution in [0.3, 0.4) is 0 Å². The Balaban J connectivity index is 2.23. The fourth-order valence-corrected chi connectivity index (χ4v) is 2.52. The van der Waals surface area contributed by atoms with Gasteiger partial charge in [0.25, 0.3) is 0 Å². The second-order valence-electron chi connectivity index (χ2n) is 2.83. The molecule has 14 heavy (non-hydrogen) atoms. The highest BCUT2D eigenvalue weighted by molar-refractivity contribution is 7.11. The van der Waals surface area contributed by atoms with Crippen molar-refractivity contribution >= 4 is 22.7 Å². The molecule has 0 aliphatic heterocycles. The van der Waals surface area contributed by atoms with E-state index in [4.69, 9.17) is 0 Å². The molecule has 0 saturated carbocycles. The van der Waals surface area contributed by atoms with Crippen molar-refractivity contribution in [1.29, 1.82) is 0 Å². The number of aryl methyl sites for hydroxylation is 1. The van der Waals surface area contributed by atoms with Crippen LogP contribution in [0.15, 0.2) is 17.1 Å². The van der Waals surface area contributed by atoms with Gasteiger partial charge in [0.15, 0.2) is 0 Å². The second kappa shape index (κ2) is 4.16. The Kier molecular flexibility index (Phi) is 2.90. The van der Waals surface area contributed by atoms with Crippen LogP contribution in [0.5, 0.6) is 0 Å². The molecule has 0 aromatic carbocycles. The number of nitrogens with zero attached hydrogens (tertiary/aromatic N) is 2. The molecule has 3 nitrogen and oxygen atoms in total. The number of hydrogen-bond acceptors (Lipinski definition) is 5. The summed E-state index contributed by atoms with van der Waals surface area (Å²) in [6.07, 6.45) is 2.11. The molecule has 1 N–H and O–H groups in total. The van der Waals surface area contributed by atoms with Gasteiger partial charge in [-0.1, -0.05) is 6.92 Å². The van der Waals surface area contributed by atoms with Crippen molar-refractivity contribution in [2.75, 3.05) is 0 Å². The van der Waals surface area contributed by atoms with Crippen molar-refractivity contribution in [3.8, 4) is 0 Å². The topological polar surface area (TPSA) is 46.0 Å². The van der Waals surface area contributed by atoms with Crippen molar-refractivity contribution in [1.82, 2.24) is 9.97 Å². The van der Waals surface area contributed by atoms with E-state index in [0.29, 0.717) is 5.69 Å². The van der Waals surface area contributed by atoms with Crippen molar-refractivity contribution in [2.24, 2.45) is 0 Å². The first kappa shape index (κ1) is 9.76. The quantitative estimate of drug-likeness (QED) is 0.873. The highest BCUT2D eigenvalue weighted by Gasteiger charge is 2.15. The molecule has 2 heterocycles. The Morgan fingerprint density at radius 2 is 2.36 bits per heavy atom. The number of aliphatic hydroxyl groups is 1. The van der Waals surface area contributed by atoms with Crippen LogP contribution in [0.4, 0.5) is 0 Å². The summed E-state index contributed by atoms with van der Waals surface area (Å²) in [5.41, 5.74) is 2.40. The minimum Gasteiger partial charge on any atom is -0.379 e. The van der Waals surface area contributed by atoms with Crippen LogP contribution in [-0.4, -0.2) is 15.1 Å². The molecule has 1 atom stereocenters.